The molecule has 25 heavy (non-hydrogen) atoms. The van der Waals surface area contributed by atoms with Gasteiger partial charge in [0.1, 0.15) is 5.54 Å². The van der Waals surface area contributed by atoms with E-state index in [0.717, 1.165) is 10.8 Å². The summed E-state index contributed by atoms with van der Waals surface area (Å²) in [5, 5.41) is 11.1. The van der Waals surface area contributed by atoms with Crippen LogP contribution in [-0.4, -0.2) is 16.9 Å². The van der Waals surface area contributed by atoms with Crippen LogP contribution in [0.3, 0.4) is 0 Å². The molecule has 4 heteroatoms. The molecule has 1 atom stereocenters. The zero-order valence-corrected chi connectivity index (χ0v) is 13.5. The van der Waals surface area contributed by atoms with Crippen LogP contribution in [0.25, 0.3) is 10.8 Å². The first-order valence-corrected chi connectivity index (χ1v) is 7.75. The van der Waals surface area contributed by atoms with E-state index in [0.29, 0.717) is 11.1 Å². The van der Waals surface area contributed by atoms with Gasteiger partial charge in [-0.25, -0.2) is 4.79 Å². The predicted octanol–water partition coefficient (Wildman–Crippen LogP) is 3.50. The quantitative estimate of drug-likeness (QED) is 0.701. The van der Waals surface area contributed by atoms with Crippen molar-refractivity contribution < 1.29 is 14.7 Å². The van der Waals surface area contributed by atoms with Crippen LogP contribution in [0.4, 0.5) is 0 Å². The van der Waals surface area contributed by atoms with Gasteiger partial charge in [0.05, 0.1) is 5.56 Å². The molecule has 1 unspecified atom stereocenters. The van der Waals surface area contributed by atoms with E-state index in [9.17, 15) is 9.59 Å². The first-order chi connectivity index (χ1) is 12.0. The lowest BCUT2D eigenvalue weighted by molar-refractivity contribution is -0.118. The molecule has 0 aliphatic rings. The Balaban J connectivity index is 2.19. The predicted molar refractivity (Wildman–Crippen MR) is 97.5 cm³/mol. The van der Waals surface area contributed by atoms with E-state index in [2.05, 4.69) is 6.58 Å². The number of hydrogen-bond donors (Lipinski definition) is 2. The van der Waals surface area contributed by atoms with Gasteiger partial charge in [0, 0.05) is 0 Å². The highest BCUT2D eigenvalue weighted by Crippen LogP contribution is 2.31. The van der Waals surface area contributed by atoms with Gasteiger partial charge < -0.3 is 10.8 Å². The van der Waals surface area contributed by atoms with Gasteiger partial charge in [-0.1, -0.05) is 55.1 Å². The summed E-state index contributed by atoms with van der Waals surface area (Å²) < 4.78 is 0. The first-order valence-electron chi connectivity index (χ1n) is 7.75. The second-order valence-corrected chi connectivity index (χ2v) is 5.82. The maximum atomic E-state index is 12.6. The van der Waals surface area contributed by atoms with Crippen molar-refractivity contribution in [1.29, 1.82) is 0 Å². The Morgan fingerprint density at radius 2 is 1.52 bits per heavy atom. The van der Waals surface area contributed by atoms with Gasteiger partial charge in [-0.05, 0) is 46.2 Å². The Morgan fingerprint density at radius 3 is 2.12 bits per heavy atom. The number of carbonyl (C=O) groups excluding carboxylic acids is 1. The number of aromatic carboxylic acids is 1. The number of fused-ring (bicyclic) bond motifs is 1. The molecule has 0 saturated carbocycles. The van der Waals surface area contributed by atoms with E-state index in [1.54, 1.807) is 12.1 Å². The molecule has 124 valence electrons. The molecule has 0 radical (unpaired) electrons. The average Bonchev–Trinajstić information content (AvgIpc) is 2.66. The van der Waals surface area contributed by atoms with Crippen LogP contribution in [0.15, 0.2) is 79.4 Å². The summed E-state index contributed by atoms with van der Waals surface area (Å²) in [4.78, 5) is 23.7. The topological polar surface area (TPSA) is 80.4 Å². The molecule has 0 heterocycles. The Kier molecular flexibility index (Phi) is 4.21. The number of hydrogen-bond acceptors (Lipinski definition) is 3. The van der Waals surface area contributed by atoms with E-state index < -0.39 is 11.5 Å². The van der Waals surface area contributed by atoms with Crippen molar-refractivity contribution in [2.75, 3.05) is 0 Å². The van der Waals surface area contributed by atoms with Crippen LogP contribution < -0.4 is 5.73 Å². The molecule has 0 saturated heterocycles. The van der Waals surface area contributed by atoms with Crippen LogP contribution in [0.2, 0.25) is 0 Å². The van der Waals surface area contributed by atoms with Crippen molar-refractivity contribution in [2.24, 2.45) is 5.73 Å². The SMILES string of the molecule is C=CC(=O)C(N)(c1ccc(C(=O)O)cc1)c1ccc2ccccc2c1. The highest BCUT2D eigenvalue weighted by atomic mass is 16.4. The summed E-state index contributed by atoms with van der Waals surface area (Å²) in [6.45, 7) is 3.56. The fourth-order valence-corrected chi connectivity index (χ4v) is 2.92. The number of benzene rings is 3. The molecule has 0 aliphatic heterocycles. The van der Waals surface area contributed by atoms with Crippen molar-refractivity contribution in [2.45, 2.75) is 5.54 Å². The Bertz CT molecular complexity index is 976. The summed E-state index contributed by atoms with van der Waals surface area (Å²) in [5.41, 5.74) is 6.39. The number of nitrogens with two attached hydrogens (primary N) is 1. The number of carboxylic acids is 1. The van der Waals surface area contributed by atoms with Crippen molar-refractivity contribution in [3.63, 3.8) is 0 Å². The molecular weight excluding hydrogens is 314 g/mol. The lowest BCUT2D eigenvalue weighted by Crippen LogP contribution is -2.45. The Labute approximate surface area is 145 Å². The number of carbonyl (C=O) groups is 2. The van der Waals surface area contributed by atoms with Crippen LogP contribution in [0.5, 0.6) is 0 Å². The van der Waals surface area contributed by atoms with Crippen molar-refractivity contribution >= 4 is 22.5 Å². The van der Waals surface area contributed by atoms with Crippen LogP contribution >= 0.6 is 0 Å². The molecule has 3 N–H and O–H groups in total. The minimum atomic E-state index is -1.43. The van der Waals surface area contributed by atoms with Gasteiger partial charge >= 0.3 is 5.97 Å². The molecule has 0 amide bonds. The molecule has 3 aromatic carbocycles. The highest BCUT2D eigenvalue weighted by Gasteiger charge is 2.36. The second kappa shape index (κ2) is 6.34. The van der Waals surface area contributed by atoms with Gasteiger partial charge in [-0.2, -0.15) is 0 Å². The van der Waals surface area contributed by atoms with E-state index >= 15 is 0 Å². The second-order valence-electron chi connectivity index (χ2n) is 5.82. The fraction of sp³-hybridized carbons (Fsp3) is 0.0476. The van der Waals surface area contributed by atoms with Crippen LogP contribution in [0, 0.1) is 0 Å². The monoisotopic (exact) mass is 331 g/mol. The van der Waals surface area contributed by atoms with E-state index in [1.807, 2.05) is 42.5 Å². The third-order valence-electron chi connectivity index (χ3n) is 4.37. The molecule has 3 aromatic rings. The minimum absolute atomic E-state index is 0.135. The van der Waals surface area contributed by atoms with Crippen molar-refractivity contribution in [1.82, 2.24) is 0 Å². The standard InChI is InChI=1S/C21H17NO3/c1-2-19(23)21(22,17-10-8-15(9-11-17)20(24)25)18-12-7-14-5-3-4-6-16(14)13-18/h2-13H,1,22H2,(H,24,25). The third kappa shape index (κ3) is 2.84. The smallest absolute Gasteiger partial charge is 0.335 e. The molecule has 4 nitrogen and oxygen atoms in total. The molecule has 0 aliphatic carbocycles. The zero-order chi connectivity index (χ0) is 18.0. The van der Waals surface area contributed by atoms with Gasteiger partial charge in [-0.3, -0.25) is 4.79 Å². The minimum Gasteiger partial charge on any atom is -0.478 e. The Morgan fingerprint density at radius 1 is 0.920 bits per heavy atom. The summed E-state index contributed by atoms with van der Waals surface area (Å²) in [7, 11) is 0. The van der Waals surface area contributed by atoms with E-state index in [1.165, 1.54) is 18.2 Å². The largest absolute Gasteiger partial charge is 0.478 e. The van der Waals surface area contributed by atoms with Gasteiger partial charge in [0.25, 0.3) is 0 Å². The molecule has 0 fully saturated rings. The normalized spacial score (nSPS) is 13.2. The maximum absolute atomic E-state index is 12.6. The number of ketones is 1. The summed E-state index contributed by atoms with van der Waals surface area (Å²) in [6, 6.07) is 19.4. The summed E-state index contributed by atoms with van der Waals surface area (Å²) >= 11 is 0. The molecule has 0 spiro atoms. The number of carboxylic acid groups (broad SMARTS) is 1. The molecule has 0 bridgehead atoms. The van der Waals surface area contributed by atoms with Crippen LogP contribution in [-0.2, 0) is 10.3 Å². The highest BCUT2D eigenvalue weighted by molar-refractivity contribution is 6.02. The lowest BCUT2D eigenvalue weighted by Gasteiger charge is -2.28. The number of rotatable bonds is 5. The molecular formula is C21H17NO3. The lowest BCUT2D eigenvalue weighted by atomic mass is 9.79. The van der Waals surface area contributed by atoms with Gasteiger partial charge in [-0.15, -0.1) is 0 Å². The van der Waals surface area contributed by atoms with Crippen molar-refractivity contribution in [3.8, 4) is 0 Å². The summed E-state index contributed by atoms with van der Waals surface area (Å²) in [5.74, 6) is -1.39. The maximum Gasteiger partial charge on any atom is 0.335 e. The zero-order valence-electron chi connectivity index (χ0n) is 13.5. The van der Waals surface area contributed by atoms with E-state index in [4.69, 9.17) is 10.8 Å². The third-order valence-corrected chi connectivity index (χ3v) is 4.37. The van der Waals surface area contributed by atoms with Crippen molar-refractivity contribution in [3.05, 3.63) is 96.1 Å². The average molecular weight is 331 g/mol. The van der Waals surface area contributed by atoms with Gasteiger partial charge in [0.2, 0.25) is 0 Å². The van der Waals surface area contributed by atoms with E-state index in [-0.39, 0.29) is 11.3 Å². The summed E-state index contributed by atoms with van der Waals surface area (Å²) in [6.07, 6.45) is 1.19. The van der Waals surface area contributed by atoms with Gasteiger partial charge in [0.15, 0.2) is 5.78 Å². The first kappa shape index (κ1) is 16.6. The fourth-order valence-electron chi connectivity index (χ4n) is 2.92. The molecule has 0 aromatic heterocycles. The Hall–Kier alpha value is -3.24. The molecule has 3 rings (SSSR count). The van der Waals surface area contributed by atoms with Crippen LogP contribution in [0.1, 0.15) is 21.5 Å².